The molecule has 2 amide bonds. The molecule has 0 saturated carbocycles. The summed E-state index contributed by atoms with van der Waals surface area (Å²) in [6, 6.07) is 22.4. The van der Waals surface area contributed by atoms with Crippen molar-refractivity contribution >= 4 is 23.2 Å². The standard InChI is InChI=1S/C28H28N4O3/c1-4-32-17-24(26(31-32)28(34)29-23-11-6-5-7-12-23)30-27(33)22-10-8-9-21(16-22)18-35-25-15-19(2)13-14-20(25)3/h5-17H,4,18H2,1-3H3,(H,29,34)(H,30,33). The highest BCUT2D eigenvalue weighted by Crippen LogP contribution is 2.21. The molecule has 0 atom stereocenters. The van der Waals surface area contributed by atoms with Crippen molar-refractivity contribution in [2.24, 2.45) is 0 Å². The van der Waals surface area contributed by atoms with Gasteiger partial charge in [-0.1, -0.05) is 42.5 Å². The van der Waals surface area contributed by atoms with Gasteiger partial charge in [-0.3, -0.25) is 14.3 Å². The van der Waals surface area contributed by atoms with Gasteiger partial charge in [0.1, 0.15) is 12.4 Å². The van der Waals surface area contributed by atoms with Crippen LogP contribution in [0.1, 0.15) is 44.5 Å². The highest BCUT2D eigenvalue weighted by atomic mass is 16.5. The van der Waals surface area contributed by atoms with Crippen molar-refractivity contribution < 1.29 is 14.3 Å². The summed E-state index contributed by atoms with van der Waals surface area (Å²) in [5.74, 6) is 0.0956. The van der Waals surface area contributed by atoms with Crippen molar-refractivity contribution in [3.63, 3.8) is 0 Å². The Balaban J connectivity index is 1.48. The smallest absolute Gasteiger partial charge is 0.278 e. The van der Waals surface area contributed by atoms with Gasteiger partial charge in [0.05, 0.1) is 5.69 Å². The van der Waals surface area contributed by atoms with Gasteiger partial charge in [0.15, 0.2) is 5.69 Å². The average Bonchev–Trinajstić information content (AvgIpc) is 3.28. The summed E-state index contributed by atoms with van der Waals surface area (Å²) < 4.78 is 7.60. The lowest BCUT2D eigenvalue weighted by molar-refractivity contribution is 0.102. The predicted molar refractivity (Wildman–Crippen MR) is 137 cm³/mol. The number of aromatic nitrogens is 2. The van der Waals surface area contributed by atoms with Gasteiger partial charge in [-0.25, -0.2) is 0 Å². The number of benzene rings is 3. The molecule has 7 heteroatoms. The number of amides is 2. The van der Waals surface area contributed by atoms with E-state index in [9.17, 15) is 9.59 Å². The second kappa shape index (κ2) is 10.7. The first-order chi connectivity index (χ1) is 16.9. The minimum atomic E-state index is -0.394. The van der Waals surface area contributed by atoms with Crippen LogP contribution in [0.2, 0.25) is 0 Å². The Kier molecular flexibility index (Phi) is 7.26. The fourth-order valence-electron chi connectivity index (χ4n) is 3.58. The van der Waals surface area contributed by atoms with E-state index in [-0.39, 0.29) is 11.6 Å². The molecule has 0 fully saturated rings. The molecule has 0 bridgehead atoms. The monoisotopic (exact) mass is 468 g/mol. The van der Waals surface area contributed by atoms with Crippen LogP contribution in [0, 0.1) is 13.8 Å². The molecule has 0 unspecified atom stereocenters. The number of carbonyl (C=O) groups excluding carboxylic acids is 2. The zero-order valence-corrected chi connectivity index (χ0v) is 20.0. The van der Waals surface area contributed by atoms with Gasteiger partial charge in [0.2, 0.25) is 0 Å². The number of hydrogen-bond acceptors (Lipinski definition) is 4. The van der Waals surface area contributed by atoms with Crippen LogP contribution in [0.3, 0.4) is 0 Å². The Labute approximate surface area is 204 Å². The van der Waals surface area contributed by atoms with E-state index in [2.05, 4.69) is 15.7 Å². The lowest BCUT2D eigenvalue weighted by Crippen LogP contribution is -2.18. The van der Waals surface area contributed by atoms with E-state index in [1.54, 1.807) is 35.1 Å². The molecule has 1 aromatic heterocycles. The number of hydrogen-bond donors (Lipinski definition) is 2. The summed E-state index contributed by atoms with van der Waals surface area (Å²) in [5.41, 5.74) is 4.66. The Morgan fingerprint density at radius 2 is 1.71 bits per heavy atom. The first kappa shape index (κ1) is 23.8. The minimum absolute atomic E-state index is 0.151. The van der Waals surface area contributed by atoms with Gasteiger partial charge in [-0.05, 0) is 67.8 Å². The number of ether oxygens (including phenoxy) is 1. The molecule has 4 aromatic rings. The molecule has 0 aliphatic rings. The first-order valence-corrected chi connectivity index (χ1v) is 11.5. The van der Waals surface area contributed by atoms with E-state index in [1.807, 2.05) is 69.3 Å². The molecule has 2 N–H and O–H groups in total. The largest absolute Gasteiger partial charge is 0.489 e. The van der Waals surface area contributed by atoms with Crippen molar-refractivity contribution in [2.75, 3.05) is 10.6 Å². The topological polar surface area (TPSA) is 85.2 Å². The first-order valence-electron chi connectivity index (χ1n) is 11.5. The van der Waals surface area contributed by atoms with E-state index in [0.29, 0.717) is 30.1 Å². The summed E-state index contributed by atoms with van der Waals surface area (Å²) in [6.07, 6.45) is 1.66. The Bertz CT molecular complexity index is 1350. The van der Waals surface area contributed by atoms with Crippen LogP contribution < -0.4 is 15.4 Å². The van der Waals surface area contributed by atoms with Crippen LogP contribution in [-0.2, 0) is 13.2 Å². The zero-order chi connectivity index (χ0) is 24.8. The van der Waals surface area contributed by atoms with Crippen LogP contribution in [0.5, 0.6) is 5.75 Å². The van der Waals surface area contributed by atoms with E-state index in [0.717, 1.165) is 22.4 Å². The minimum Gasteiger partial charge on any atom is -0.489 e. The third kappa shape index (κ3) is 5.95. The van der Waals surface area contributed by atoms with Crippen LogP contribution in [0.4, 0.5) is 11.4 Å². The van der Waals surface area contributed by atoms with Gasteiger partial charge in [0, 0.05) is 24.0 Å². The number of nitrogens with one attached hydrogen (secondary N) is 2. The second-order valence-electron chi connectivity index (χ2n) is 8.28. The summed E-state index contributed by atoms with van der Waals surface area (Å²) in [4.78, 5) is 25.9. The summed E-state index contributed by atoms with van der Waals surface area (Å²) >= 11 is 0. The van der Waals surface area contributed by atoms with Crippen molar-refractivity contribution in [1.29, 1.82) is 0 Å². The van der Waals surface area contributed by atoms with Crippen molar-refractivity contribution in [3.05, 3.63) is 107 Å². The van der Waals surface area contributed by atoms with Crippen LogP contribution >= 0.6 is 0 Å². The van der Waals surface area contributed by atoms with Crippen molar-refractivity contribution in [3.8, 4) is 5.75 Å². The fourth-order valence-corrected chi connectivity index (χ4v) is 3.58. The van der Waals surface area contributed by atoms with E-state index in [1.165, 1.54) is 0 Å². The molecule has 35 heavy (non-hydrogen) atoms. The third-order valence-corrected chi connectivity index (χ3v) is 5.51. The molecule has 0 spiro atoms. The summed E-state index contributed by atoms with van der Waals surface area (Å²) in [7, 11) is 0. The molecular weight excluding hydrogens is 440 g/mol. The Hall–Kier alpha value is -4.39. The van der Waals surface area contributed by atoms with Gasteiger partial charge in [0.25, 0.3) is 11.8 Å². The molecule has 4 rings (SSSR count). The summed E-state index contributed by atoms with van der Waals surface area (Å²) in [5, 5.41) is 10.00. The number of para-hydroxylation sites is 1. The van der Waals surface area contributed by atoms with Crippen LogP contribution in [-0.4, -0.2) is 21.6 Å². The second-order valence-corrected chi connectivity index (χ2v) is 8.28. The normalized spacial score (nSPS) is 10.6. The molecule has 1 heterocycles. The van der Waals surface area contributed by atoms with E-state index in [4.69, 9.17) is 4.74 Å². The maximum absolute atomic E-state index is 13.0. The molecule has 7 nitrogen and oxygen atoms in total. The van der Waals surface area contributed by atoms with Gasteiger partial charge in [-0.15, -0.1) is 0 Å². The highest BCUT2D eigenvalue weighted by molar-refractivity contribution is 6.11. The molecule has 0 saturated heterocycles. The van der Waals surface area contributed by atoms with Gasteiger partial charge < -0.3 is 15.4 Å². The molecule has 3 aromatic carbocycles. The summed E-state index contributed by atoms with van der Waals surface area (Å²) in [6.45, 7) is 6.83. The quantitative estimate of drug-likeness (QED) is 0.352. The fraction of sp³-hybridized carbons (Fsp3) is 0.179. The van der Waals surface area contributed by atoms with E-state index >= 15 is 0 Å². The number of carbonyl (C=O) groups is 2. The Morgan fingerprint density at radius 3 is 2.49 bits per heavy atom. The number of rotatable bonds is 8. The maximum Gasteiger partial charge on any atom is 0.278 e. The van der Waals surface area contributed by atoms with Crippen LogP contribution in [0.15, 0.2) is 79.0 Å². The molecule has 178 valence electrons. The lowest BCUT2D eigenvalue weighted by atomic mass is 10.1. The average molecular weight is 469 g/mol. The third-order valence-electron chi connectivity index (χ3n) is 5.51. The molecule has 0 radical (unpaired) electrons. The predicted octanol–water partition coefficient (Wildman–Crippen LogP) is 5.60. The molecule has 0 aliphatic carbocycles. The molecule has 0 aliphatic heterocycles. The zero-order valence-electron chi connectivity index (χ0n) is 20.0. The Morgan fingerprint density at radius 1 is 0.914 bits per heavy atom. The SMILES string of the molecule is CCn1cc(NC(=O)c2cccc(COc3cc(C)ccc3C)c2)c(C(=O)Nc2ccccc2)n1. The number of aryl methyl sites for hydroxylation is 3. The highest BCUT2D eigenvalue weighted by Gasteiger charge is 2.19. The van der Waals surface area contributed by atoms with Gasteiger partial charge in [-0.2, -0.15) is 5.10 Å². The van der Waals surface area contributed by atoms with Crippen molar-refractivity contribution in [1.82, 2.24) is 9.78 Å². The van der Waals surface area contributed by atoms with E-state index < -0.39 is 5.91 Å². The van der Waals surface area contributed by atoms with Crippen molar-refractivity contribution in [2.45, 2.75) is 33.9 Å². The number of anilines is 2. The molecular formula is C28H28N4O3. The van der Waals surface area contributed by atoms with Crippen LogP contribution in [0.25, 0.3) is 0 Å². The maximum atomic E-state index is 13.0. The van der Waals surface area contributed by atoms with Gasteiger partial charge >= 0.3 is 0 Å². The number of nitrogens with zero attached hydrogens (tertiary/aromatic N) is 2. The lowest BCUT2D eigenvalue weighted by Gasteiger charge is -2.11.